The fraction of sp³-hybridized carbons (Fsp3) is 1.00. The quantitative estimate of drug-likeness (QED) is 0.102. The molecule has 0 saturated heterocycles. The van der Waals surface area contributed by atoms with Crippen LogP contribution in [-0.2, 0) is 0 Å². The highest BCUT2D eigenvalue weighted by atomic mass is 16.4. The van der Waals surface area contributed by atoms with Crippen LogP contribution in [0.2, 0.25) is 0 Å². The maximum Gasteiger partial charge on any atom is 0.111 e. The highest BCUT2D eigenvalue weighted by Crippen LogP contribution is 2.05. The third-order valence-electron chi connectivity index (χ3n) is 4.19. The van der Waals surface area contributed by atoms with E-state index in [2.05, 4.69) is 0 Å². The number of rotatable bonds is 14. The van der Waals surface area contributed by atoms with E-state index in [0.717, 1.165) is 0 Å². The van der Waals surface area contributed by atoms with E-state index in [9.17, 15) is 0 Å². The number of hydrogen-bond acceptors (Lipinski definition) is 17. The molecule has 17 heteroatoms. The van der Waals surface area contributed by atoms with Crippen molar-refractivity contribution in [2.45, 2.75) is 67.1 Å². The summed E-state index contributed by atoms with van der Waals surface area (Å²) >= 11 is 0. The van der Waals surface area contributed by atoms with Gasteiger partial charge >= 0.3 is 0 Å². The van der Waals surface area contributed by atoms with E-state index in [1.165, 1.54) is 0 Å². The van der Waals surface area contributed by atoms with Crippen molar-refractivity contribution in [1.82, 2.24) is 0 Å². The Hall–Kier alpha value is -0.680. The van der Waals surface area contributed by atoms with Gasteiger partial charge in [0, 0.05) is 0 Å². The molecule has 11 atom stereocenters. The van der Waals surface area contributed by atoms with Gasteiger partial charge in [-0.05, 0) is 0 Å². The monoisotopic (exact) mass is 516 g/mol. The van der Waals surface area contributed by atoms with Crippen molar-refractivity contribution >= 4 is 0 Å². The normalized spacial score (nSPS) is 21.1. The topological polar surface area (TPSA) is 344 Å². The second kappa shape index (κ2) is 21.6. The summed E-state index contributed by atoms with van der Waals surface area (Å²) in [5.74, 6) is 0. The second-order valence-electron chi connectivity index (χ2n) is 6.95. The van der Waals surface area contributed by atoms with E-state index < -0.39 is 107 Å². The van der Waals surface area contributed by atoms with Crippen LogP contribution in [0.25, 0.3) is 0 Å². The van der Waals surface area contributed by atoms with Crippen LogP contribution >= 0.6 is 0 Å². The molecule has 0 aliphatic heterocycles. The summed E-state index contributed by atoms with van der Waals surface area (Å²) in [5.41, 5.74) is 0. The molecule has 0 aliphatic rings. The van der Waals surface area contributed by atoms with Gasteiger partial charge in [0.1, 0.15) is 67.1 Å². The van der Waals surface area contributed by atoms with E-state index in [-0.39, 0.29) is 0 Å². The van der Waals surface area contributed by atoms with Crippen LogP contribution < -0.4 is 0 Å². The van der Waals surface area contributed by atoms with Crippen molar-refractivity contribution in [1.29, 1.82) is 0 Å². The van der Waals surface area contributed by atoms with E-state index >= 15 is 0 Å². The zero-order valence-corrected chi connectivity index (χ0v) is 18.2. The number of aliphatic hydroxyl groups excluding tert-OH is 17. The summed E-state index contributed by atoms with van der Waals surface area (Å²) in [6.45, 7) is -4.18. The largest absolute Gasteiger partial charge is 0.394 e. The number of aliphatic hydroxyl groups is 17. The molecule has 0 bridgehead atoms. The number of hydrogen-bond donors (Lipinski definition) is 17. The van der Waals surface area contributed by atoms with Crippen LogP contribution in [0.5, 0.6) is 0 Å². The molecule has 0 amide bonds. The van der Waals surface area contributed by atoms with Crippen molar-refractivity contribution in [2.75, 3.05) is 39.6 Å². The summed E-state index contributed by atoms with van der Waals surface area (Å²) in [6, 6.07) is 0. The smallest absolute Gasteiger partial charge is 0.111 e. The standard InChI is InChI=1S/2C6H14O6.C5H12O5/c2*7-1-3(9)5(11)6(12)4(10)2-8;6-1-3(8)5(10)4(9)2-7/h2*3-12H,1-2H2;3-10H,1-2H2/t3-,4+,5+,6-;3-,4-,5-,6-;3-,4+,5+/m.1./s1. The van der Waals surface area contributed by atoms with Gasteiger partial charge in [0.2, 0.25) is 0 Å². The maximum absolute atomic E-state index is 8.96. The van der Waals surface area contributed by atoms with Gasteiger partial charge in [-0.3, -0.25) is 0 Å². The Morgan fingerprint density at radius 3 is 0.471 bits per heavy atom. The van der Waals surface area contributed by atoms with Gasteiger partial charge in [-0.25, -0.2) is 0 Å². The highest BCUT2D eigenvalue weighted by Gasteiger charge is 2.30. The molecule has 17 N–H and O–H groups in total. The van der Waals surface area contributed by atoms with E-state index in [1.54, 1.807) is 0 Å². The average molecular weight is 516 g/mol. The molecule has 0 spiro atoms. The van der Waals surface area contributed by atoms with Crippen molar-refractivity contribution in [3.63, 3.8) is 0 Å². The summed E-state index contributed by atoms with van der Waals surface area (Å²) in [7, 11) is 0. The Bertz CT molecular complexity index is 380. The van der Waals surface area contributed by atoms with Gasteiger partial charge in [0.15, 0.2) is 0 Å². The first kappa shape index (κ1) is 37.9. The SMILES string of the molecule is OC[C@@H](O)[C@@H](O)[C@H](O)[C@H](O)CO.OC[C@@H](O)[C@H](O)[C@@H](O)CO.OC[C@@H](O)[C@H](O)[C@H](O)[C@@H](O)CO. The Labute approximate surface area is 194 Å². The van der Waals surface area contributed by atoms with Crippen molar-refractivity contribution < 1.29 is 86.8 Å². The minimum atomic E-state index is -1.67. The lowest BCUT2D eigenvalue weighted by Gasteiger charge is -2.24. The van der Waals surface area contributed by atoms with E-state index in [1.807, 2.05) is 0 Å². The molecule has 17 nitrogen and oxygen atoms in total. The van der Waals surface area contributed by atoms with Crippen molar-refractivity contribution in [3.8, 4) is 0 Å². The van der Waals surface area contributed by atoms with Crippen LogP contribution in [0.1, 0.15) is 0 Å². The minimum Gasteiger partial charge on any atom is -0.394 e. The van der Waals surface area contributed by atoms with E-state index in [0.29, 0.717) is 0 Å². The van der Waals surface area contributed by atoms with Crippen molar-refractivity contribution in [2.24, 2.45) is 0 Å². The summed E-state index contributed by atoms with van der Waals surface area (Å²) in [6.07, 6.45) is -17.1. The molecule has 0 aromatic heterocycles. The highest BCUT2D eigenvalue weighted by molar-refractivity contribution is 4.80. The lowest BCUT2D eigenvalue weighted by atomic mass is 10.0. The maximum atomic E-state index is 8.96. The molecule has 34 heavy (non-hydrogen) atoms. The Morgan fingerprint density at radius 1 is 0.235 bits per heavy atom. The van der Waals surface area contributed by atoms with Crippen LogP contribution in [0.4, 0.5) is 0 Å². The van der Waals surface area contributed by atoms with Gasteiger partial charge in [0.25, 0.3) is 0 Å². The van der Waals surface area contributed by atoms with Gasteiger partial charge in [0.05, 0.1) is 39.6 Å². The lowest BCUT2D eigenvalue weighted by Crippen LogP contribution is -2.46. The molecule has 0 aromatic rings. The summed E-state index contributed by atoms with van der Waals surface area (Å²) in [5, 5.41) is 147. The second-order valence-corrected chi connectivity index (χ2v) is 6.95. The molecule has 0 saturated carbocycles. The fourth-order valence-electron chi connectivity index (χ4n) is 1.81. The lowest BCUT2D eigenvalue weighted by molar-refractivity contribution is -0.123. The molecule has 0 radical (unpaired) electrons. The van der Waals surface area contributed by atoms with Crippen LogP contribution in [-0.4, -0.2) is 194 Å². The molecule has 210 valence electrons. The van der Waals surface area contributed by atoms with Gasteiger partial charge < -0.3 is 86.8 Å². The average Bonchev–Trinajstić information content (AvgIpc) is 2.88. The van der Waals surface area contributed by atoms with Crippen LogP contribution in [0.15, 0.2) is 0 Å². The zero-order chi connectivity index (χ0) is 27.6. The van der Waals surface area contributed by atoms with Gasteiger partial charge in [-0.15, -0.1) is 0 Å². The third-order valence-corrected chi connectivity index (χ3v) is 4.19. The summed E-state index contributed by atoms with van der Waals surface area (Å²) < 4.78 is 0. The zero-order valence-electron chi connectivity index (χ0n) is 18.2. The molecule has 0 aromatic carbocycles. The first-order chi connectivity index (χ1) is 15.7. The minimum absolute atomic E-state index is 0.641. The summed E-state index contributed by atoms with van der Waals surface area (Å²) in [4.78, 5) is 0. The third kappa shape index (κ3) is 15.3. The van der Waals surface area contributed by atoms with Gasteiger partial charge in [-0.2, -0.15) is 0 Å². The molecule has 0 unspecified atom stereocenters. The predicted molar refractivity (Wildman–Crippen MR) is 109 cm³/mol. The van der Waals surface area contributed by atoms with Crippen LogP contribution in [0.3, 0.4) is 0 Å². The fourth-order valence-corrected chi connectivity index (χ4v) is 1.81. The molecule has 0 heterocycles. The Kier molecular flexibility index (Phi) is 24.0. The first-order valence-corrected chi connectivity index (χ1v) is 9.85. The molecular formula is C17H40O17. The Morgan fingerprint density at radius 2 is 0.353 bits per heavy atom. The Balaban J connectivity index is -0.000000426. The molecule has 0 rings (SSSR count). The molecule has 0 fully saturated rings. The molecule has 0 aliphatic carbocycles. The van der Waals surface area contributed by atoms with Crippen molar-refractivity contribution in [3.05, 3.63) is 0 Å². The van der Waals surface area contributed by atoms with E-state index in [4.69, 9.17) is 86.8 Å². The molecular weight excluding hydrogens is 476 g/mol. The van der Waals surface area contributed by atoms with Crippen LogP contribution in [0, 0.1) is 0 Å². The predicted octanol–water partition coefficient (Wildman–Crippen LogP) is -10.1. The van der Waals surface area contributed by atoms with Gasteiger partial charge in [-0.1, -0.05) is 0 Å². The first-order valence-electron chi connectivity index (χ1n) is 9.85.